The molecule has 19 heavy (non-hydrogen) atoms. The minimum absolute atomic E-state index is 0.119. The zero-order valence-corrected chi connectivity index (χ0v) is 11.6. The van der Waals surface area contributed by atoms with Gasteiger partial charge in [0, 0.05) is 10.7 Å². The van der Waals surface area contributed by atoms with Gasteiger partial charge >= 0.3 is 5.97 Å². The molecule has 0 aliphatic carbocycles. The van der Waals surface area contributed by atoms with Crippen LogP contribution in [-0.4, -0.2) is 16.1 Å². The third-order valence-corrected chi connectivity index (χ3v) is 2.90. The maximum atomic E-state index is 13.7. The van der Waals surface area contributed by atoms with E-state index in [-0.39, 0.29) is 22.2 Å². The van der Waals surface area contributed by atoms with Crippen molar-refractivity contribution in [3.05, 3.63) is 51.3 Å². The van der Waals surface area contributed by atoms with Crippen molar-refractivity contribution < 1.29 is 19.0 Å². The lowest BCUT2D eigenvalue weighted by Gasteiger charge is -2.09. The van der Waals surface area contributed by atoms with Crippen LogP contribution in [0, 0.1) is 5.82 Å². The lowest BCUT2D eigenvalue weighted by molar-refractivity contribution is 0.0693. The summed E-state index contributed by atoms with van der Waals surface area (Å²) in [6, 6.07) is 5.49. The Morgan fingerprint density at radius 3 is 2.89 bits per heavy atom. The molecule has 7 heteroatoms. The monoisotopic (exact) mass is 345 g/mol. The van der Waals surface area contributed by atoms with Crippen molar-refractivity contribution >= 4 is 33.5 Å². The predicted octanol–water partition coefficient (Wildman–Crippen LogP) is 4.13. The fraction of sp³-hybridized carbons (Fsp3) is 0. The van der Waals surface area contributed by atoms with Gasteiger partial charge < -0.3 is 9.84 Å². The van der Waals surface area contributed by atoms with Gasteiger partial charge in [-0.05, 0) is 34.1 Å². The summed E-state index contributed by atoms with van der Waals surface area (Å²) in [7, 11) is 0. The summed E-state index contributed by atoms with van der Waals surface area (Å²) < 4.78 is 19.3. The number of nitrogens with zero attached hydrogens (tertiary/aromatic N) is 1. The number of pyridine rings is 1. The molecular weight excluding hydrogens is 340 g/mol. The third-order valence-electron chi connectivity index (χ3n) is 2.17. The minimum atomic E-state index is -1.23. The molecule has 0 saturated heterocycles. The average molecular weight is 347 g/mol. The standard InChI is InChI=1S/C12H6BrClFNO3/c13-6-4-7(12(17)18)11(16-5-6)19-9-3-1-2-8(14)10(9)15/h1-5H,(H,17,18). The van der Waals surface area contributed by atoms with Crippen molar-refractivity contribution in [3.8, 4) is 11.6 Å². The number of hydrogen-bond acceptors (Lipinski definition) is 3. The molecule has 0 bridgehead atoms. The Morgan fingerprint density at radius 2 is 2.21 bits per heavy atom. The van der Waals surface area contributed by atoms with E-state index in [0.717, 1.165) is 0 Å². The highest BCUT2D eigenvalue weighted by atomic mass is 79.9. The first-order valence-electron chi connectivity index (χ1n) is 4.99. The molecular formula is C12H6BrClFNO3. The molecule has 0 unspecified atom stereocenters. The van der Waals surface area contributed by atoms with Crippen LogP contribution in [0.25, 0.3) is 0 Å². The highest BCUT2D eigenvalue weighted by molar-refractivity contribution is 9.10. The second-order valence-electron chi connectivity index (χ2n) is 3.47. The van der Waals surface area contributed by atoms with E-state index in [1.165, 1.54) is 30.5 Å². The van der Waals surface area contributed by atoms with Crippen molar-refractivity contribution in [1.82, 2.24) is 4.98 Å². The second kappa shape index (κ2) is 5.54. The Balaban J connectivity index is 2.44. The molecule has 0 aliphatic rings. The van der Waals surface area contributed by atoms with Gasteiger partial charge in [0.15, 0.2) is 11.6 Å². The van der Waals surface area contributed by atoms with Gasteiger partial charge in [0.25, 0.3) is 0 Å². The Labute approximate surface area is 120 Å². The Bertz CT molecular complexity index is 651. The van der Waals surface area contributed by atoms with Gasteiger partial charge in [-0.25, -0.2) is 14.2 Å². The smallest absolute Gasteiger partial charge is 0.341 e. The van der Waals surface area contributed by atoms with Gasteiger partial charge in [0.1, 0.15) is 5.56 Å². The van der Waals surface area contributed by atoms with E-state index in [0.29, 0.717) is 4.47 Å². The number of aromatic carboxylic acids is 1. The van der Waals surface area contributed by atoms with E-state index >= 15 is 0 Å². The van der Waals surface area contributed by atoms with E-state index in [1.807, 2.05) is 0 Å². The van der Waals surface area contributed by atoms with Gasteiger partial charge in [-0.3, -0.25) is 0 Å². The van der Waals surface area contributed by atoms with Crippen LogP contribution in [0.3, 0.4) is 0 Å². The van der Waals surface area contributed by atoms with E-state index in [1.54, 1.807) is 0 Å². The van der Waals surface area contributed by atoms with E-state index in [4.69, 9.17) is 21.4 Å². The van der Waals surface area contributed by atoms with Crippen molar-refractivity contribution in [2.24, 2.45) is 0 Å². The van der Waals surface area contributed by atoms with Crippen LogP contribution in [0.4, 0.5) is 4.39 Å². The van der Waals surface area contributed by atoms with Crippen LogP contribution < -0.4 is 4.74 Å². The summed E-state index contributed by atoms with van der Waals surface area (Å²) in [4.78, 5) is 14.9. The van der Waals surface area contributed by atoms with Crippen LogP contribution in [0.5, 0.6) is 11.6 Å². The molecule has 4 nitrogen and oxygen atoms in total. The molecule has 2 aromatic rings. The summed E-state index contributed by atoms with van der Waals surface area (Å²) in [5.41, 5.74) is -0.186. The fourth-order valence-electron chi connectivity index (χ4n) is 1.33. The zero-order chi connectivity index (χ0) is 14.0. The number of carboxylic acids is 1. The molecule has 0 radical (unpaired) electrons. The van der Waals surface area contributed by atoms with E-state index < -0.39 is 11.8 Å². The van der Waals surface area contributed by atoms with Crippen molar-refractivity contribution in [3.63, 3.8) is 0 Å². The molecule has 1 heterocycles. The van der Waals surface area contributed by atoms with E-state index in [9.17, 15) is 9.18 Å². The average Bonchev–Trinajstić information content (AvgIpc) is 2.36. The normalized spacial score (nSPS) is 10.3. The van der Waals surface area contributed by atoms with Crippen LogP contribution in [0.15, 0.2) is 34.9 Å². The number of ether oxygens (including phenoxy) is 1. The lowest BCUT2D eigenvalue weighted by atomic mass is 10.2. The number of hydrogen-bond donors (Lipinski definition) is 1. The topological polar surface area (TPSA) is 59.4 Å². The summed E-state index contributed by atoms with van der Waals surface area (Å²) in [5.74, 6) is -2.40. The van der Waals surface area contributed by atoms with Crippen molar-refractivity contribution in [2.75, 3.05) is 0 Å². The Morgan fingerprint density at radius 1 is 1.47 bits per heavy atom. The maximum Gasteiger partial charge on any atom is 0.341 e. The van der Waals surface area contributed by atoms with Crippen LogP contribution in [-0.2, 0) is 0 Å². The first kappa shape index (κ1) is 13.8. The molecule has 1 N–H and O–H groups in total. The van der Waals surface area contributed by atoms with E-state index in [2.05, 4.69) is 20.9 Å². The fourth-order valence-corrected chi connectivity index (χ4v) is 1.83. The summed E-state index contributed by atoms with van der Waals surface area (Å²) in [6.07, 6.45) is 1.35. The molecule has 0 fully saturated rings. The molecule has 1 aromatic carbocycles. The highest BCUT2D eigenvalue weighted by Gasteiger charge is 2.16. The largest absolute Gasteiger partial charge is 0.477 e. The number of aromatic nitrogens is 1. The van der Waals surface area contributed by atoms with Crippen LogP contribution >= 0.6 is 27.5 Å². The predicted molar refractivity (Wildman–Crippen MR) is 70.4 cm³/mol. The first-order valence-corrected chi connectivity index (χ1v) is 6.17. The molecule has 0 saturated carbocycles. The summed E-state index contributed by atoms with van der Waals surface area (Å²) in [5, 5.41) is 8.91. The quantitative estimate of drug-likeness (QED) is 0.908. The first-order chi connectivity index (χ1) is 8.99. The lowest BCUT2D eigenvalue weighted by Crippen LogP contribution is -2.02. The molecule has 0 spiro atoms. The zero-order valence-electron chi connectivity index (χ0n) is 9.23. The molecule has 0 atom stereocenters. The maximum absolute atomic E-state index is 13.7. The molecule has 98 valence electrons. The van der Waals surface area contributed by atoms with Crippen LogP contribution in [0.2, 0.25) is 5.02 Å². The second-order valence-corrected chi connectivity index (χ2v) is 4.79. The molecule has 2 rings (SSSR count). The number of carboxylic acid groups (broad SMARTS) is 1. The highest BCUT2D eigenvalue weighted by Crippen LogP contribution is 2.30. The van der Waals surface area contributed by atoms with Gasteiger partial charge in [-0.2, -0.15) is 0 Å². The van der Waals surface area contributed by atoms with Crippen molar-refractivity contribution in [1.29, 1.82) is 0 Å². The van der Waals surface area contributed by atoms with Gasteiger partial charge in [0.05, 0.1) is 5.02 Å². The molecule has 0 aliphatic heterocycles. The molecule has 1 aromatic heterocycles. The number of benzene rings is 1. The number of halogens is 3. The van der Waals surface area contributed by atoms with Crippen LogP contribution in [0.1, 0.15) is 10.4 Å². The number of carbonyl (C=O) groups is 1. The number of rotatable bonds is 3. The van der Waals surface area contributed by atoms with Crippen molar-refractivity contribution in [2.45, 2.75) is 0 Å². The summed E-state index contributed by atoms with van der Waals surface area (Å²) in [6.45, 7) is 0. The molecule has 0 amide bonds. The third kappa shape index (κ3) is 3.02. The van der Waals surface area contributed by atoms with Gasteiger partial charge in [0.2, 0.25) is 5.88 Å². The Kier molecular flexibility index (Phi) is 4.01. The SMILES string of the molecule is O=C(O)c1cc(Br)cnc1Oc1cccc(Cl)c1F. The summed E-state index contributed by atoms with van der Waals surface area (Å²) >= 11 is 8.71. The van der Waals surface area contributed by atoms with Gasteiger partial charge in [-0.15, -0.1) is 0 Å². The minimum Gasteiger partial charge on any atom is -0.477 e. The Hall–Kier alpha value is -1.66. The van der Waals surface area contributed by atoms with Gasteiger partial charge in [-0.1, -0.05) is 17.7 Å².